The van der Waals surface area contributed by atoms with E-state index < -0.39 is 0 Å². The quantitative estimate of drug-likeness (QED) is 0.933. The molecule has 0 saturated carbocycles. The average Bonchev–Trinajstić information content (AvgIpc) is 2.82. The lowest BCUT2D eigenvalue weighted by Crippen LogP contribution is -2.36. The van der Waals surface area contributed by atoms with Crippen molar-refractivity contribution in [1.29, 1.82) is 0 Å². The van der Waals surface area contributed by atoms with E-state index in [9.17, 15) is 0 Å². The van der Waals surface area contributed by atoms with Crippen molar-refractivity contribution in [2.24, 2.45) is 0 Å². The molecule has 0 amide bonds. The van der Waals surface area contributed by atoms with Gasteiger partial charge in [0.25, 0.3) is 0 Å². The fraction of sp³-hybridized carbons (Fsp3) is 0.500. The Morgan fingerprint density at radius 2 is 2.16 bits per heavy atom. The van der Waals surface area contributed by atoms with Crippen molar-refractivity contribution in [1.82, 2.24) is 19.5 Å². The molecular weight excluding hydrogens is 282 g/mol. The molecule has 2 aromatic heterocycles. The van der Waals surface area contributed by atoms with E-state index in [0.29, 0.717) is 11.0 Å². The predicted octanol–water partition coefficient (Wildman–Crippen LogP) is 1.84. The molecule has 0 bridgehead atoms. The molecule has 19 heavy (non-hydrogen) atoms. The lowest BCUT2D eigenvalue weighted by Gasteiger charge is -2.25. The van der Waals surface area contributed by atoms with E-state index in [4.69, 9.17) is 11.6 Å². The molecule has 2 aromatic rings. The molecule has 0 unspecified atom stereocenters. The van der Waals surface area contributed by atoms with Gasteiger partial charge in [0.15, 0.2) is 5.65 Å². The summed E-state index contributed by atoms with van der Waals surface area (Å²) in [5, 5.41) is 8.27. The van der Waals surface area contributed by atoms with E-state index in [1.807, 2.05) is 23.9 Å². The summed E-state index contributed by atoms with van der Waals surface area (Å²) in [5.74, 6) is 3.14. The van der Waals surface area contributed by atoms with Gasteiger partial charge < -0.3 is 5.32 Å². The summed E-state index contributed by atoms with van der Waals surface area (Å²) in [6.45, 7) is 4.27. The summed E-state index contributed by atoms with van der Waals surface area (Å²) in [7, 11) is 0. The van der Waals surface area contributed by atoms with Crippen molar-refractivity contribution in [2.75, 3.05) is 43.0 Å². The Bertz CT molecular complexity index is 552. The maximum absolute atomic E-state index is 5.92. The molecule has 0 spiro atoms. The van der Waals surface area contributed by atoms with Crippen LogP contribution >= 0.6 is 23.4 Å². The number of nitrogens with one attached hydrogen (secondary N) is 1. The number of anilines is 1. The Balaban J connectivity index is 1.56. The molecule has 1 aliphatic rings. The number of fused-ring (bicyclic) bond motifs is 1. The van der Waals surface area contributed by atoms with Gasteiger partial charge in [-0.3, -0.25) is 4.90 Å². The van der Waals surface area contributed by atoms with Crippen LogP contribution in [0.3, 0.4) is 0 Å². The Morgan fingerprint density at radius 1 is 1.32 bits per heavy atom. The van der Waals surface area contributed by atoms with Crippen LogP contribution in [0.25, 0.3) is 5.65 Å². The minimum absolute atomic E-state index is 0.661. The van der Waals surface area contributed by atoms with Crippen LogP contribution in [0.1, 0.15) is 0 Å². The monoisotopic (exact) mass is 297 g/mol. The van der Waals surface area contributed by atoms with Gasteiger partial charge in [-0.25, -0.2) is 4.52 Å². The fourth-order valence-corrected chi connectivity index (χ4v) is 3.22. The van der Waals surface area contributed by atoms with Crippen molar-refractivity contribution in [3.63, 3.8) is 0 Å². The zero-order valence-corrected chi connectivity index (χ0v) is 12.1. The first kappa shape index (κ1) is 13.0. The first-order valence-corrected chi connectivity index (χ1v) is 7.90. The molecule has 0 radical (unpaired) electrons. The van der Waals surface area contributed by atoms with E-state index in [1.54, 1.807) is 10.7 Å². The lowest BCUT2D eigenvalue weighted by molar-refractivity contribution is 0.314. The molecule has 0 aliphatic carbocycles. The third kappa shape index (κ3) is 3.32. The maximum atomic E-state index is 5.92. The summed E-state index contributed by atoms with van der Waals surface area (Å²) in [5.41, 5.74) is 0.807. The molecule has 5 nitrogen and oxygen atoms in total. The zero-order chi connectivity index (χ0) is 13.1. The molecule has 3 heterocycles. The van der Waals surface area contributed by atoms with Crippen LogP contribution in [-0.4, -0.2) is 57.2 Å². The summed E-state index contributed by atoms with van der Waals surface area (Å²) >= 11 is 7.95. The van der Waals surface area contributed by atoms with Crippen LogP contribution in [0.4, 0.5) is 5.95 Å². The number of hydrogen-bond acceptors (Lipinski definition) is 5. The predicted molar refractivity (Wildman–Crippen MR) is 80.3 cm³/mol. The van der Waals surface area contributed by atoms with E-state index in [-0.39, 0.29) is 0 Å². The van der Waals surface area contributed by atoms with Crippen molar-refractivity contribution in [3.8, 4) is 0 Å². The summed E-state index contributed by atoms with van der Waals surface area (Å²) in [6, 6.07) is 3.68. The number of hydrogen-bond donors (Lipinski definition) is 1. The van der Waals surface area contributed by atoms with Gasteiger partial charge in [0, 0.05) is 43.9 Å². The lowest BCUT2D eigenvalue weighted by atomic mass is 10.4. The van der Waals surface area contributed by atoms with Crippen molar-refractivity contribution >= 4 is 35.0 Å². The third-order valence-electron chi connectivity index (χ3n) is 3.11. The number of nitrogens with zero attached hydrogens (tertiary/aromatic N) is 4. The number of pyridine rings is 1. The zero-order valence-electron chi connectivity index (χ0n) is 10.5. The van der Waals surface area contributed by atoms with Crippen LogP contribution in [-0.2, 0) is 0 Å². The SMILES string of the molecule is Clc1ccc2nc(NCCN3CCSCC3)nn2c1. The Labute approximate surface area is 121 Å². The minimum Gasteiger partial charge on any atom is -0.352 e. The second-order valence-electron chi connectivity index (χ2n) is 4.47. The standard InChI is InChI=1S/C12H16ClN5S/c13-10-1-2-11-15-12(16-18(11)9-10)14-3-4-17-5-7-19-8-6-17/h1-2,9H,3-8H2,(H,14,16). The van der Waals surface area contributed by atoms with Gasteiger partial charge in [-0.2, -0.15) is 16.7 Å². The van der Waals surface area contributed by atoms with E-state index in [2.05, 4.69) is 20.3 Å². The molecule has 0 aromatic carbocycles. The van der Waals surface area contributed by atoms with Gasteiger partial charge in [0.05, 0.1) is 5.02 Å². The average molecular weight is 298 g/mol. The molecule has 1 fully saturated rings. The summed E-state index contributed by atoms with van der Waals surface area (Å²) < 4.78 is 1.70. The van der Waals surface area contributed by atoms with E-state index in [0.717, 1.165) is 18.7 Å². The first-order chi connectivity index (χ1) is 9.31. The van der Waals surface area contributed by atoms with E-state index in [1.165, 1.54) is 24.6 Å². The topological polar surface area (TPSA) is 45.5 Å². The Morgan fingerprint density at radius 3 is 3.00 bits per heavy atom. The van der Waals surface area contributed by atoms with Crippen molar-refractivity contribution < 1.29 is 0 Å². The number of rotatable bonds is 4. The molecule has 1 N–H and O–H groups in total. The third-order valence-corrected chi connectivity index (χ3v) is 4.28. The second-order valence-corrected chi connectivity index (χ2v) is 6.13. The molecule has 1 aliphatic heterocycles. The van der Waals surface area contributed by atoms with Crippen molar-refractivity contribution in [3.05, 3.63) is 23.4 Å². The van der Waals surface area contributed by atoms with Gasteiger partial charge in [-0.05, 0) is 12.1 Å². The largest absolute Gasteiger partial charge is 0.352 e. The van der Waals surface area contributed by atoms with Gasteiger partial charge in [-0.15, -0.1) is 5.10 Å². The highest BCUT2D eigenvalue weighted by Crippen LogP contribution is 2.11. The van der Waals surface area contributed by atoms with Crippen LogP contribution in [0.15, 0.2) is 18.3 Å². The fourth-order valence-electron chi connectivity index (χ4n) is 2.08. The number of aromatic nitrogens is 3. The highest BCUT2D eigenvalue weighted by atomic mass is 35.5. The van der Waals surface area contributed by atoms with Crippen LogP contribution in [0.2, 0.25) is 5.02 Å². The molecular formula is C12H16ClN5S. The molecule has 0 atom stereocenters. The Hall–Kier alpha value is -0.980. The number of thioether (sulfide) groups is 1. The van der Waals surface area contributed by atoms with Gasteiger partial charge in [-0.1, -0.05) is 11.6 Å². The Kier molecular flexibility index (Phi) is 4.10. The smallest absolute Gasteiger partial charge is 0.243 e. The normalized spacial score (nSPS) is 16.9. The van der Waals surface area contributed by atoms with Gasteiger partial charge >= 0.3 is 0 Å². The molecule has 3 rings (SSSR count). The maximum Gasteiger partial charge on any atom is 0.243 e. The van der Waals surface area contributed by atoms with Crippen LogP contribution < -0.4 is 5.32 Å². The van der Waals surface area contributed by atoms with Crippen LogP contribution in [0, 0.1) is 0 Å². The van der Waals surface area contributed by atoms with Crippen LogP contribution in [0.5, 0.6) is 0 Å². The molecule has 102 valence electrons. The molecule has 7 heteroatoms. The van der Waals surface area contributed by atoms with Gasteiger partial charge in [0.1, 0.15) is 0 Å². The number of halogens is 1. The highest BCUT2D eigenvalue weighted by molar-refractivity contribution is 7.99. The molecule has 1 saturated heterocycles. The van der Waals surface area contributed by atoms with E-state index >= 15 is 0 Å². The van der Waals surface area contributed by atoms with Gasteiger partial charge in [0.2, 0.25) is 5.95 Å². The summed E-state index contributed by atoms with van der Waals surface area (Å²) in [4.78, 5) is 6.86. The van der Waals surface area contributed by atoms with Crippen molar-refractivity contribution in [2.45, 2.75) is 0 Å². The first-order valence-electron chi connectivity index (χ1n) is 6.37. The summed E-state index contributed by atoms with van der Waals surface area (Å²) in [6.07, 6.45) is 1.76. The highest BCUT2D eigenvalue weighted by Gasteiger charge is 2.10. The second kappa shape index (κ2) is 5.98. The minimum atomic E-state index is 0.661.